The van der Waals surface area contributed by atoms with Gasteiger partial charge in [0.05, 0.1) is 17.0 Å². The first-order chi connectivity index (χ1) is 9.35. The average Bonchev–Trinajstić information content (AvgIpc) is 2.83. The van der Waals surface area contributed by atoms with Crippen molar-refractivity contribution >= 4 is 39.2 Å². The summed E-state index contributed by atoms with van der Waals surface area (Å²) in [5.41, 5.74) is 0.344. The van der Waals surface area contributed by atoms with E-state index in [9.17, 15) is 13.2 Å². The maximum Gasteiger partial charge on any atom is 0.258 e. The van der Waals surface area contributed by atoms with Crippen LogP contribution in [0.3, 0.4) is 0 Å². The van der Waals surface area contributed by atoms with Crippen LogP contribution in [0.1, 0.15) is 10.4 Å². The molecule has 0 saturated carbocycles. The predicted octanol–water partition coefficient (Wildman–Crippen LogP) is 1.08. The highest BCUT2D eigenvalue weighted by molar-refractivity contribution is 7.92. The van der Waals surface area contributed by atoms with Crippen molar-refractivity contribution in [2.24, 2.45) is 0 Å². The van der Waals surface area contributed by atoms with Gasteiger partial charge in [-0.1, -0.05) is 11.6 Å². The molecule has 1 aromatic heterocycles. The van der Waals surface area contributed by atoms with Crippen LogP contribution in [-0.4, -0.2) is 35.8 Å². The van der Waals surface area contributed by atoms with Crippen molar-refractivity contribution in [1.82, 2.24) is 15.2 Å². The summed E-state index contributed by atoms with van der Waals surface area (Å²) in [6.07, 6.45) is 2.23. The quantitative estimate of drug-likeness (QED) is 0.780. The summed E-state index contributed by atoms with van der Waals surface area (Å²) >= 11 is 5.86. The number of nitrogens with one attached hydrogen (secondary N) is 3. The molecule has 0 aliphatic rings. The Kier molecular flexibility index (Phi) is 3.91. The molecule has 2 rings (SSSR count). The summed E-state index contributed by atoms with van der Waals surface area (Å²) in [7, 11) is -3.49. The van der Waals surface area contributed by atoms with E-state index in [2.05, 4.69) is 25.2 Å². The van der Waals surface area contributed by atoms with Crippen LogP contribution in [0.4, 0.5) is 11.6 Å². The number of hydrogen-bond acceptors (Lipinski definition) is 5. The summed E-state index contributed by atoms with van der Waals surface area (Å²) < 4.78 is 24.6. The van der Waals surface area contributed by atoms with Gasteiger partial charge in [-0.2, -0.15) is 10.1 Å². The van der Waals surface area contributed by atoms with Crippen molar-refractivity contribution in [3.05, 3.63) is 35.1 Å². The van der Waals surface area contributed by atoms with E-state index >= 15 is 0 Å². The lowest BCUT2D eigenvalue weighted by Crippen LogP contribution is -2.15. The molecule has 0 fully saturated rings. The second kappa shape index (κ2) is 5.47. The summed E-state index contributed by atoms with van der Waals surface area (Å²) in [6.45, 7) is 0. The van der Waals surface area contributed by atoms with Gasteiger partial charge in [0.1, 0.15) is 6.33 Å². The molecule has 20 heavy (non-hydrogen) atoms. The van der Waals surface area contributed by atoms with E-state index in [-0.39, 0.29) is 22.2 Å². The molecule has 3 N–H and O–H groups in total. The lowest BCUT2D eigenvalue weighted by atomic mass is 10.2. The molecule has 1 amide bonds. The number of H-pyrrole nitrogens is 1. The molecule has 106 valence electrons. The van der Waals surface area contributed by atoms with Gasteiger partial charge in [0.25, 0.3) is 5.91 Å². The van der Waals surface area contributed by atoms with E-state index in [1.54, 1.807) is 0 Å². The van der Waals surface area contributed by atoms with Crippen molar-refractivity contribution in [3.63, 3.8) is 0 Å². The number of halogens is 1. The summed E-state index contributed by atoms with van der Waals surface area (Å²) in [6, 6.07) is 4.21. The third-order valence-electron chi connectivity index (χ3n) is 2.17. The molecule has 0 saturated heterocycles. The number of carbonyl (C=O) groups is 1. The number of aromatic nitrogens is 3. The maximum absolute atomic E-state index is 11.9. The molecule has 0 aliphatic heterocycles. The Labute approximate surface area is 119 Å². The number of sulfonamides is 1. The first-order valence-corrected chi connectivity index (χ1v) is 7.56. The molecule has 0 unspecified atom stereocenters. The molecule has 1 heterocycles. The lowest BCUT2D eigenvalue weighted by Gasteiger charge is -2.08. The largest absolute Gasteiger partial charge is 0.291 e. The Balaban J connectivity index is 2.24. The van der Waals surface area contributed by atoms with Gasteiger partial charge in [-0.25, -0.2) is 13.5 Å². The van der Waals surface area contributed by atoms with Crippen LogP contribution in [0.5, 0.6) is 0 Å². The molecule has 10 heteroatoms. The zero-order chi connectivity index (χ0) is 14.8. The Bertz CT molecular complexity index is 729. The number of rotatable bonds is 4. The number of anilines is 2. The minimum Gasteiger partial charge on any atom is -0.291 e. The van der Waals surface area contributed by atoms with Crippen molar-refractivity contribution in [2.45, 2.75) is 0 Å². The fourth-order valence-corrected chi connectivity index (χ4v) is 2.18. The number of carbonyl (C=O) groups excluding carboxylic acids is 1. The van der Waals surface area contributed by atoms with Gasteiger partial charge in [-0.05, 0) is 18.2 Å². The number of aromatic amines is 1. The molecule has 0 aliphatic carbocycles. The van der Waals surface area contributed by atoms with Crippen LogP contribution in [0, 0.1) is 0 Å². The van der Waals surface area contributed by atoms with Gasteiger partial charge in [-0.3, -0.25) is 14.8 Å². The highest BCUT2D eigenvalue weighted by Gasteiger charge is 2.12. The number of nitrogens with zero attached hydrogens (tertiary/aromatic N) is 2. The number of hydrogen-bond donors (Lipinski definition) is 3. The Morgan fingerprint density at radius 1 is 1.40 bits per heavy atom. The fourth-order valence-electron chi connectivity index (χ4n) is 1.39. The molecule has 8 nitrogen and oxygen atoms in total. The second-order valence-corrected chi connectivity index (χ2v) is 6.01. The van der Waals surface area contributed by atoms with E-state index < -0.39 is 15.9 Å². The van der Waals surface area contributed by atoms with E-state index in [0.717, 1.165) is 6.26 Å². The summed E-state index contributed by atoms with van der Waals surface area (Å²) in [5, 5.41) is 8.70. The van der Waals surface area contributed by atoms with Crippen LogP contribution < -0.4 is 10.0 Å². The monoisotopic (exact) mass is 315 g/mol. The van der Waals surface area contributed by atoms with Crippen molar-refractivity contribution in [3.8, 4) is 0 Å². The normalized spacial score (nSPS) is 11.1. The van der Waals surface area contributed by atoms with Crippen LogP contribution >= 0.6 is 11.6 Å². The van der Waals surface area contributed by atoms with E-state index in [4.69, 9.17) is 11.6 Å². The van der Waals surface area contributed by atoms with Crippen LogP contribution in [0.2, 0.25) is 5.02 Å². The molecular weight excluding hydrogens is 306 g/mol. The minimum atomic E-state index is -3.49. The topological polar surface area (TPSA) is 117 Å². The molecule has 2 aromatic rings. The molecule has 0 bridgehead atoms. The molecule has 0 radical (unpaired) electrons. The van der Waals surface area contributed by atoms with Crippen LogP contribution in [0.15, 0.2) is 24.5 Å². The fraction of sp³-hybridized carbons (Fsp3) is 0.100. The Morgan fingerprint density at radius 3 is 2.75 bits per heavy atom. The first kappa shape index (κ1) is 14.3. The maximum atomic E-state index is 11.9. The van der Waals surface area contributed by atoms with E-state index in [0.29, 0.717) is 0 Å². The molecular formula is C10H10ClN5O3S. The van der Waals surface area contributed by atoms with Crippen LogP contribution in [0.25, 0.3) is 0 Å². The highest BCUT2D eigenvalue weighted by Crippen LogP contribution is 2.24. The highest BCUT2D eigenvalue weighted by atomic mass is 35.5. The average molecular weight is 316 g/mol. The zero-order valence-corrected chi connectivity index (χ0v) is 11.8. The Hall–Kier alpha value is -2.13. The summed E-state index contributed by atoms with van der Waals surface area (Å²) in [5.74, 6) is -0.294. The molecule has 0 atom stereocenters. The van der Waals surface area contributed by atoms with E-state index in [1.165, 1.54) is 24.5 Å². The van der Waals surface area contributed by atoms with Gasteiger partial charge < -0.3 is 0 Å². The molecule has 0 spiro atoms. The van der Waals surface area contributed by atoms with E-state index in [1.807, 2.05) is 0 Å². The third kappa shape index (κ3) is 3.68. The van der Waals surface area contributed by atoms with Gasteiger partial charge in [-0.15, -0.1) is 0 Å². The van der Waals surface area contributed by atoms with Gasteiger partial charge in [0.15, 0.2) is 0 Å². The van der Waals surface area contributed by atoms with Gasteiger partial charge in [0.2, 0.25) is 16.0 Å². The molecule has 1 aromatic carbocycles. The minimum absolute atomic E-state index is 0.124. The first-order valence-electron chi connectivity index (χ1n) is 5.29. The van der Waals surface area contributed by atoms with Crippen molar-refractivity contribution in [1.29, 1.82) is 0 Å². The number of benzene rings is 1. The third-order valence-corrected chi connectivity index (χ3v) is 3.09. The Morgan fingerprint density at radius 2 is 2.15 bits per heavy atom. The zero-order valence-electron chi connectivity index (χ0n) is 10.2. The van der Waals surface area contributed by atoms with Crippen molar-refractivity contribution in [2.75, 3.05) is 16.3 Å². The smallest absolute Gasteiger partial charge is 0.258 e. The standard InChI is InChI=1S/C10H10ClN5O3S/c1-20(18,19)16-8-4-6(2-3-7(8)11)9(17)14-10-12-5-13-15-10/h2-5,16H,1H3,(H2,12,13,14,15,17). The van der Waals surface area contributed by atoms with Gasteiger partial charge in [0, 0.05) is 5.56 Å². The predicted molar refractivity (Wildman–Crippen MR) is 74.3 cm³/mol. The number of amides is 1. The van der Waals surface area contributed by atoms with Gasteiger partial charge >= 0.3 is 0 Å². The lowest BCUT2D eigenvalue weighted by molar-refractivity contribution is 0.102. The van der Waals surface area contributed by atoms with Crippen molar-refractivity contribution < 1.29 is 13.2 Å². The summed E-state index contributed by atoms with van der Waals surface area (Å²) in [4.78, 5) is 15.7. The van der Waals surface area contributed by atoms with Crippen LogP contribution in [-0.2, 0) is 10.0 Å². The second-order valence-electron chi connectivity index (χ2n) is 3.86. The SMILES string of the molecule is CS(=O)(=O)Nc1cc(C(=O)Nc2ncn[nH]2)ccc1Cl.